The Labute approximate surface area is 114 Å². The fourth-order valence-corrected chi connectivity index (χ4v) is 1.78. The molecule has 1 N–H and O–H groups in total. The minimum Gasteiger partial charge on any atom is -0.457 e. The van der Waals surface area contributed by atoms with E-state index in [1.807, 2.05) is 0 Å². The second-order valence-electron chi connectivity index (χ2n) is 3.73. The predicted molar refractivity (Wildman–Crippen MR) is 70.5 cm³/mol. The maximum atomic E-state index is 10.5. The third-order valence-corrected chi connectivity index (χ3v) is 2.86. The van der Waals surface area contributed by atoms with Crippen LogP contribution in [0.2, 0.25) is 5.02 Å². The Morgan fingerprint density at radius 3 is 2.47 bits per heavy atom. The summed E-state index contributed by atoms with van der Waals surface area (Å²) in [4.78, 5) is 10.0. The topological polar surface area (TPSA) is 72.6 Å². The molecule has 6 heteroatoms. The van der Waals surface area contributed by atoms with Crippen molar-refractivity contribution in [3.63, 3.8) is 0 Å². The normalized spacial score (nSPS) is 10.2. The first kappa shape index (κ1) is 13.3. The number of aliphatic hydroxyl groups excluding tert-OH is 1. The van der Waals surface area contributed by atoms with Crippen molar-refractivity contribution in [2.75, 3.05) is 0 Å². The molecule has 0 atom stereocenters. The number of nitro benzene ring substituents is 1. The van der Waals surface area contributed by atoms with E-state index in [9.17, 15) is 15.2 Å². The summed E-state index contributed by atoms with van der Waals surface area (Å²) in [5.41, 5.74) is 0.461. The van der Waals surface area contributed by atoms with Gasteiger partial charge in [-0.2, -0.15) is 0 Å². The van der Waals surface area contributed by atoms with Gasteiger partial charge in [-0.05, 0) is 24.3 Å². The van der Waals surface area contributed by atoms with Gasteiger partial charge in [-0.3, -0.25) is 10.1 Å². The van der Waals surface area contributed by atoms with Crippen LogP contribution in [0.5, 0.6) is 11.5 Å². The van der Waals surface area contributed by atoms with Crippen LogP contribution in [-0.2, 0) is 6.61 Å². The molecule has 5 nitrogen and oxygen atoms in total. The molecule has 0 aliphatic heterocycles. The summed E-state index contributed by atoms with van der Waals surface area (Å²) < 4.78 is 5.55. The standard InChI is InChI=1S/C13H10ClNO4/c14-12-2-1-3-13(11(12)8-16)19-10-6-4-9(5-7-10)15(17)18/h1-7,16H,8H2. The van der Waals surface area contributed by atoms with Gasteiger partial charge in [0.15, 0.2) is 0 Å². The van der Waals surface area contributed by atoms with Gasteiger partial charge < -0.3 is 9.84 Å². The van der Waals surface area contributed by atoms with Gasteiger partial charge in [0, 0.05) is 22.7 Å². The molecule has 0 unspecified atom stereocenters. The van der Waals surface area contributed by atoms with Gasteiger partial charge in [-0.1, -0.05) is 17.7 Å². The number of hydrogen-bond donors (Lipinski definition) is 1. The molecule has 0 bridgehead atoms. The molecule has 0 aliphatic carbocycles. The monoisotopic (exact) mass is 279 g/mol. The Bertz CT molecular complexity index is 598. The summed E-state index contributed by atoms with van der Waals surface area (Å²) in [5, 5.41) is 20.2. The number of rotatable bonds is 4. The summed E-state index contributed by atoms with van der Waals surface area (Å²) in [6.45, 7) is -0.248. The number of benzene rings is 2. The average molecular weight is 280 g/mol. The second kappa shape index (κ2) is 5.69. The van der Waals surface area contributed by atoms with Gasteiger partial charge in [0.05, 0.1) is 11.5 Å². The highest BCUT2D eigenvalue weighted by Gasteiger charge is 2.09. The van der Waals surface area contributed by atoms with E-state index in [-0.39, 0.29) is 12.3 Å². The minimum atomic E-state index is -0.484. The molecule has 0 amide bonds. The predicted octanol–water partition coefficient (Wildman–Crippen LogP) is 3.53. The van der Waals surface area contributed by atoms with Crippen molar-refractivity contribution in [2.24, 2.45) is 0 Å². The molecule has 98 valence electrons. The number of nitrogens with zero attached hydrogens (tertiary/aromatic N) is 1. The number of ether oxygens (including phenoxy) is 1. The molecule has 0 aromatic heterocycles. The lowest BCUT2D eigenvalue weighted by Crippen LogP contribution is -1.93. The number of halogens is 1. The van der Waals surface area contributed by atoms with Crippen LogP contribution in [0.3, 0.4) is 0 Å². The van der Waals surface area contributed by atoms with Crippen LogP contribution in [0.25, 0.3) is 0 Å². The first-order valence-electron chi connectivity index (χ1n) is 5.42. The largest absolute Gasteiger partial charge is 0.457 e. The number of non-ortho nitro benzene ring substituents is 1. The Morgan fingerprint density at radius 1 is 1.21 bits per heavy atom. The number of hydrogen-bond acceptors (Lipinski definition) is 4. The minimum absolute atomic E-state index is 0.0131. The SMILES string of the molecule is O=[N+]([O-])c1ccc(Oc2cccc(Cl)c2CO)cc1. The van der Waals surface area contributed by atoms with Crippen molar-refractivity contribution >= 4 is 17.3 Å². The van der Waals surface area contributed by atoms with Crippen molar-refractivity contribution in [2.45, 2.75) is 6.61 Å². The number of aliphatic hydroxyl groups is 1. The molecular formula is C13H10ClNO4. The van der Waals surface area contributed by atoms with Gasteiger partial charge >= 0.3 is 0 Å². The van der Waals surface area contributed by atoms with Crippen molar-refractivity contribution in [3.05, 3.63) is 63.2 Å². The summed E-state index contributed by atoms with van der Waals surface area (Å²) in [5.74, 6) is 0.853. The third-order valence-electron chi connectivity index (χ3n) is 2.51. The highest BCUT2D eigenvalue weighted by molar-refractivity contribution is 6.31. The Hall–Kier alpha value is -2.11. The van der Waals surface area contributed by atoms with E-state index in [1.165, 1.54) is 24.3 Å². The first-order chi connectivity index (χ1) is 9.11. The van der Waals surface area contributed by atoms with E-state index in [1.54, 1.807) is 18.2 Å². The van der Waals surface area contributed by atoms with Gasteiger partial charge in [-0.25, -0.2) is 0 Å². The van der Waals surface area contributed by atoms with E-state index in [0.717, 1.165) is 0 Å². The third kappa shape index (κ3) is 3.01. The second-order valence-corrected chi connectivity index (χ2v) is 4.13. The zero-order valence-electron chi connectivity index (χ0n) is 9.75. The lowest BCUT2D eigenvalue weighted by molar-refractivity contribution is -0.384. The Morgan fingerprint density at radius 2 is 1.89 bits per heavy atom. The van der Waals surface area contributed by atoms with Crippen LogP contribution in [-0.4, -0.2) is 10.0 Å². The fourth-order valence-electron chi connectivity index (χ4n) is 1.55. The highest BCUT2D eigenvalue weighted by Crippen LogP contribution is 2.31. The van der Waals surface area contributed by atoms with Crippen LogP contribution in [0.4, 0.5) is 5.69 Å². The quantitative estimate of drug-likeness (QED) is 0.686. The smallest absolute Gasteiger partial charge is 0.269 e. The van der Waals surface area contributed by atoms with Crippen molar-refractivity contribution in [1.82, 2.24) is 0 Å². The van der Waals surface area contributed by atoms with Gasteiger partial charge in [0.25, 0.3) is 5.69 Å². The molecule has 0 saturated carbocycles. The van der Waals surface area contributed by atoms with E-state index in [4.69, 9.17) is 16.3 Å². The molecule has 0 aliphatic rings. The molecule has 19 heavy (non-hydrogen) atoms. The van der Waals surface area contributed by atoms with Crippen molar-refractivity contribution < 1.29 is 14.8 Å². The van der Waals surface area contributed by atoms with Crippen LogP contribution in [0, 0.1) is 10.1 Å². The van der Waals surface area contributed by atoms with Crippen LogP contribution < -0.4 is 4.74 Å². The molecule has 0 radical (unpaired) electrons. The van der Waals surface area contributed by atoms with Crippen LogP contribution in [0.1, 0.15) is 5.56 Å². The maximum absolute atomic E-state index is 10.5. The lowest BCUT2D eigenvalue weighted by Gasteiger charge is -2.10. The number of nitro groups is 1. The van der Waals surface area contributed by atoms with Crippen LogP contribution >= 0.6 is 11.6 Å². The summed E-state index contributed by atoms with van der Waals surface area (Å²) in [7, 11) is 0. The zero-order valence-corrected chi connectivity index (χ0v) is 10.5. The molecule has 2 aromatic carbocycles. The maximum Gasteiger partial charge on any atom is 0.269 e. The fraction of sp³-hybridized carbons (Fsp3) is 0.0769. The molecular weight excluding hydrogens is 270 g/mol. The van der Waals surface area contributed by atoms with Gasteiger partial charge in [0.2, 0.25) is 0 Å². The summed E-state index contributed by atoms with van der Waals surface area (Å²) in [6.07, 6.45) is 0. The van der Waals surface area contributed by atoms with Crippen molar-refractivity contribution in [1.29, 1.82) is 0 Å². The average Bonchev–Trinajstić information content (AvgIpc) is 2.39. The molecule has 0 fully saturated rings. The molecule has 0 spiro atoms. The molecule has 2 rings (SSSR count). The highest BCUT2D eigenvalue weighted by atomic mass is 35.5. The lowest BCUT2D eigenvalue weighted by atomic mass is 10.2. The van der Waals surface area contributed by atoms with Gasteiger partial charge in [-0.15, -0.1) is 0 Å². The van der Waals surface area contributed by atoms with E-state index < -0.39 is 4.92 Å². The Kier molecular flexibility index (Phi) is 3.99. The molecule has 0 heterocycles. The molecule has 0 saturated heterocycles. The van der Waals surface area contributed by atoms with E-state index >= 15 is 0 Å². The molecule has 2 aromatic rings. The summed E-state index contributed by atoms with van der Waals surface area (Å²) >= 11 is 5.93. The van der Waals surface area contributed by atoms with Crippen LogP contribution in [0.15, 0.2) is 42.5 Å². The van der Waals surface area contributed by atoms with Crippen molar-refractivity contribution in [3.8, 4) is 11.5 Å². The Balaban J connectivity index is 2.26. The van der Waals surface area contributed by atoms with E-state index in [0.29, 0.717) is 22.1 Å². The summed E-state index contributed by atoms with van der Waals surface area (Å²) in [6, 6.07) is 10.7. The van der Waals surface area contributed by atoms with Gasteiger partial charge in [0.1, 0.15) is 11.5 Å². The zero-order chi connectivity index (χ0) is 13.8. The first-order valence-corrected chi connectivity index (χ1v) is 5.80. The van der Waals surface area contributed by atoms with E-state index in [2.05, 4.69) is 0 Å².